The van der Waals surface area contributed by atoms with Crippen LogP contribution in [0, 0.1) is 0 Å². The normalized spacial score (nSPS) is 20.5. The topological polar surface area (TPSA) is 80.9 Å². The minimum Gasteiger partial charge on any atom is -0.448 e. The van der Waals surface area contributed by atoms with Gasteiger partial charge in [0.05, 0.1) is 6.61 Å². The van der Waals surface area contributed by atoms with Gasteiger partial charge >= 0.3 is 6.09 Å². The highest BCUT2D eigenvalue weighted by Gasteiger charge is 2.33. The van der Waals surface area contributed by atoms with Crippen molar-refractivity contribution >= 4 is 6.09 Å². The highest BCUT2D eigenvalue weighted by atomic mass is 16.7. The summed E-state index contributed by atoms with van der Waals surface area (Å²) in [6, 6.07) is 27.5. The first-order valence-electron chi connectivity index (χ1n) is 16.0. The quantitative estimate of drug-likeness (QED) is 0.199. The number of carbonyl (C=O) groups excluding carboxylic acids is 1. The van der Waals surface area contributed by atoms with E-state index in [-0.39, 0.29) is 17.9 Å². The number of aromatic nitrogens is 2. The first-order valence-corrected chi connectivity index (χ1v) is 16.0. The maximum absolute atomic E-state index is 13.1. The first kappa shape index (κ1) is 28.7. The fraction of sp³-hybridized carbons (Fsp3) is 0.417. The molecule has 8 nitrogen and oxygen atoms in total. The van der Waals surface area contributed by atoms with E-state index in [9.17, 15) is 4.79 Å². The van der Waals surface area contributed by atoms with Crippen LogP contribution < -0.4 is 0 Å². The molecule has 3 aromatic carbocycles. The Balaban J connectivity index is 0.870. The average Bonchev–Trinajstić information content (AvgIpc) is 3.70. The Hall–Kier alpha value is -4.01. The molecule has 1 amide bonds. The Labute approximate surface area is 258 Å². The Morgan fingerprint density at radius 3 is 2.16 bits per heavy atom. The fourth-order valence-electron chi connectivity index (χ4n) is 7.13. The molecular weight excluding hydrogens is 552 g/mol. The van der Waals surface area contributed by atoms with Crippen molar-refractivity contribution in [2.75, 3.05) is 26.7 Å². The van der Waals surface area contributed by atoms with E-state index in [0.717, 1.165) is 44.3 Å². The molecule has 1 saturated carbocycles. The number of carbonyl (C=O) groups is 1. The van der Waals surface area contributed by atoms with Crippen molar-refractivity contribution in [1.82, 2.24) is 20.1 Å². The minimum atomic E-state index is -0.244. The number of ether oxygens (including phenoxy) is 1. The van der Waals surface area contributed by atoms with Crippen LogP contribution in [-0.4, -0.2) is 59.0 Å². The van der Waals surface area contributed by atoms with E-state index in [1.54, 1.807) is 0 Å². The third kappa shape index (κ3) is 6.01. The molecule has 0 spiro atoms. The van der Waals surface area contributed by atoms with Gasteiger partial charge in [0.2, 0.25) is 5.89 Å². The zero-order chi connectivity index (χ0) is 29.9. The molecule has 44 heavy (non-hydrogen) atoms. The third-order valence-electron chi connectivity index (χ3n) is 9.75. The van der Waals surface area contributed by atoms with Gasteiger partial charge in [-0.25, -0.2) is 4.79 Å². The van der Waals surface area contributed by atoms with Crippen LogP contribution in [0.2, 0.25) is 0 Å². The van der Waals surface area contributed by atoms with E-state index < -0.39 is 0 Å². The molecule has 1 aliphatic heterocycles. The summed E-state index contributed by atoms with van der Waals surface area (Å²) in [6.45, 7) is 2.18. The number of amides is 1. The van der Waals surface area contributed by atoms with Crippen LogP contribution in [0.4, 0.5) is 4.79 Å². The first-order chi connectivity index (χ1) is 21.6. The summed E-state index contributed by atoms with van der Waals surface area (Å²) in [4.78, 5) is 25.8. The molecule has 4 aromatic rings. The van der Waals surface area contributed by atoms with Gasteiger partial charge in [-0.15, -0.1) is 0 Å². The highest BCUT2D eigenvalue weighted by Crippen LogP contribution is 2.44. The summed E-state index contributed by atoms with van der Waals surface area (Å²) < 4.78 is 11.7. The minimum absolute atomic E-state index is 0.0676. The van der Waals surface area contributed by atoms with Gasteiger partial charge in [-0.2, -0.15) is 10.0 Å². The molecule has 228 valence electrons. The predicted molar refractivity (Wildman–Crippen MR) is 167 cm³/mol. The van der Waals surface area contributed by atoms with Crippen molar-refractivity contribution in [3.63, 3.8) is 0 Å². The second-order valence-electron chi connectivity index (χ2n) is 12.4. The summed E-state index contributed by atoms with van der Waals surface area (Å²) in [6.07, 6.45) is 5.46. The zero-order valence-corrected chi connectivity index (χ0v) is 25.3. The van der Waals surface area contributed by atoms with E-state index in [1.165, 1.54) is 27.8 Å². The smallest absolute Gasteiger partial charge is 0.409 e. The lowest BCUT2D eigenvalue weighted by atomic mass is 9.85. The van der Waals surface area contributed by atoms with E-state index in [0.29, 0.717) is 44.2 Å². The van der Waals surface area contributed by atoms with Crippen molar-refractivity contribution < 1.29 is 18.9 Å². The molecular formula is C36H40N4O4. The standard InChI is InChI=1S/C36H40N4O4/c1-39(43-23-25-9-3-2-4-10-25)28-17-15-26(16-18-28)34-37-35(44-38-34)27-19-21-40(22-20-27)36(41)42-24-33-31-13-7-5-11-29(31)30-12-6-8-14-32(30)33/h2-14,26-28,33H,15-24H2,1H3/t26-,28-. The molecule has 2 aliphatic carbocycles. The molecule has 0 bridgehead atoms. The number of benzene rings is 3. The fourth-order valence-corrected chi connectivity index (χ4v) is 7.13. The lowest BCUT2D eigenvalue weighted by molar-refractivity contribution is -0.184. The lowest BCUT2D eigenvalue weighted by Gasteiger charge is -2.33. The number of rotatable bonds is 8. The Morgan fingerprint density at radius 1 is 0.841 bits per heavy atom. The van der Waals surface area contributed by atoms with Gasteiger partial charge in [-0.3, -0.25) is 4.84 Å². The maximum atomic E-state index is 13.1. The van der Waals surface area contributed by atoms with Gasteiger partial charge in [0.25, 0.3) is 0 Å². The number of likely N-dealkylation sites (tertiary alicyclic amines) is 1. The maximum Gasteiger partial charge on any atom is 0.409 e. The Kier molecular flexibility index (Phi) is 8.44. The van der Waals surface area contributed by atoms with Gasteiger partial charge in [0.15, 0.2) is 5.82 Å². The average molecular weight is 593 g/mol. The monoisotopic (exact) mass is 592 g/mol. The van der Waals surface area contributed by atoms with Crippen LogP contribution in [-0.2, 0) is 16.2 Å². The van der Waals surface area contributed by atoms with E-state index in [4.69, 9.17) is 19.1 Å². The van der Waals surface area contributed by atoms with Crippen molar-refractivity contribution in [3.05, 3.63) is 107 Å². The molecule has 7 rings (SSSR count). The predicted octanol–water partition coefficient (Wildman–Crippen LogP) is 7.29. The van der Waals surface area contributed by atoms with Gasteiger partial charge in [0.1, 0.15) is 6.61 Å². The lowest BCUT2D eigenvalue weighted by Crippen LogP contribution is -2.38. The van der Waals surface area contributed by atoms with Crippen LogP contribution in [0.15, 0.2) is 83.4 Å². The van der Waals surface area contributed by atoms with Gasteiger partial charge in [0, 0.05) is 43.9 Å². The SMILES string of the molecule is CN(OCc1ccccc1)[C@H]1CC[C@H](c2noc(C3CCN(C(=O)OCC4c5ccccc5-c5ccccc54)CC3)n2)CC1. The third-order valence-corrected chi connectivity index (χ3v) is 9.75. The molecule has 8 heteroatoms. The molecule has 0 unspecified atom stereocenters. The van der Waals surface area contributed by atoms with Crippen LogP contribution in [0.3, 0.4) is 0 Å². The number of piperidine rings is 1. The van der Waals surface area contributed by atoms with E-state index in [2.05, 4.69) is 65.8 Å². The summed E-state index contributed by atoms with van der Waals surface area (Å²) in [5.74, 6) is 2.08. The van der Waals surface area contributed by atoms with Gasteiger partial charge < -0.3 is 14.2 Å². The summed E-state index contributed by atoms with van der Waals surface area (Å²) in [5, 5.41) is 6.41. The number of hydroxylamine groups is 2. The van der Waals surface area contributed by atoms with Crippen LogP contribution in [0.1, 0.15) is 84.7 Å². The van der Waals surface area contributed by atoms with Crippen molar-refractivity contribution in [2.45, 2.75) is 68.9 Å². The second-order valence-corrected chi connectivity index (χ2v) is 12.4. The van der Waals surface area contributed by atoms with Crippen LogP contribution >= 0.6 is 0 Å². The molecule has 3 aliphatic rings. The highest BCUT2D eigenvalue weighted by molar-refractivity contribution is 5.79. The molecule has 0 N–H and O–H groups in total. The molecule has 1 aromatic heterocycles. The second kappa shape index (κ2) is 12.9. The van der Waals surface area contributed by atoms with Crippen molar-refractivity contribution in [1.29, 1.82) is 0 Å². The molecule has 0 radical (unpaired) electrons. The largest absolute Gasteiger partial charge is 0.448 e. The molecule has 2 fully saturated rings. The number of hydrogen-bond acceptors (Lipinski definition) is 7. The summed E-state index contributed by atoms with van der Waals surface area (Å²) in [7, 11) is 2.04. The van der Waals surface area contributed by atoms with Gasteiger partial charge in [-0.05, 0) is 66.3 Å². The molecule has 1 saturated heterocycles. The zero-order valence-electron chi connectivity index (χ0n) is 25.3. The molecule has 2 heterocycles. The van der Waals surface area contributed by atoms with Crippen molar-refractivity contribution in [3.8, 4) is 11.1 Å². The Bertz CT molecular complexity index is 1510. The number of hydrogen-bond donors (Lipinski definition) is 0. The van der Waals surface area contributed by atoms with Crippen LogP contribution in [0.5, 0.6) is 0 Å². The van der Waals surface area contributed by atoms with E-state index in [1.807, 2.05) is 35.2 Å². The molecule has 0 atom stereocenters. The van der Waals surface area contributed by atoms with Gasteiger partial charge in [-0.1, -0.05) is 84.0 Å². The number of fused-ring (bicyclic) bond motifs is 3. The van der Waals surface area contributed by atoms with Crippen LogP contribution in [0.25, 0.3) is 11.1 Å². The van der Waals surface area contributed by atoms with Crippen molar-refractivity contribution in [2.24, 2.45) is 0 Å². The van der Waals surface area contributed by atoms with E-state index >= 15 is 0 Å². The Morgan fingerprint density at radius 2 is 1.48 bits per heavy atom. The summed E-state index contributed by atoms with van der Waals surface area (Å²) in [5.41, 5.74) is 6.10. The number of nitrogens with zero attached hydrogens (tertiary/aromatic N) is 4. The summed E-state index contributed by atoms with van der Waals surface area (Å²) >= 11 is 0.